The van der Waals surface area contributed by atoms with Crippen LogP contribution in [0.15, 0.2) is 12.7 Å². The number of hydrogen-bond acceptors (Lipinski definition) is 3. The van der Waals surface area contributed by atoms with Crippen molar-refractivity contribution in [1.29, 1.82) is 0 Å². The molecule has 1 aliphatic carbocycles. The zero-order valence-corrected chi connectivity index (χ0v) is 8.66. The fourth-order valence-electron chi connectivity index (χ4n) is 2.65. The van der Waals surface area contributed by atoms with E-state index in [-0.39, 0.29) is 5.92 Å². The van der Waals surface area contributed by atoms with Crippen LogP contribution in [0.2, 0.25) is 0 Å². The Hall–Kier alpha value is -0.380. The molecule has 0 aromatic heterocycles. The Kier molecular flexibility index (Phi) is 2.41. The van der Waals surface area contributed by atoms with Crippen molar-refractivity contribution in [3.8, 4) is 0 Å². The molecule has 3 atom stereocenters. The summed E-state index contributed by atoms with van der Waals surface area (Å²) in [5, 5.41) is 10.5. The molecule has 1 aliphatic heterocycles. The van der Waals surface area contributed by atoms with Crippen LogP contribution in [-0.2, 0) is 9.47 Å². The standard InChI is InChI=1S/C11H18O3/c1-3-7-13-11-6-4-5-10(11,12)9(2)8-14-11/h3,9,12H,1,4-8H2,2H3/t9-,10+,11+/m1/s1. The van der Waals surface area contributed by atoms with Gasteiger partial charge in [-0.05, 0) is 12.8 Å². The second-order valence-corrected chi connectivity index (χ2v) is 4.34. The van der Waals surface area contributed by atoms with Gasteiger partial charge in [0.15, 0.2) is 5.79 Å². The van der Waals surface area contributed by atoms with Crippen LogP contribution in [-0.4, -0.2) is 29.7 Å². The summed E-state index contributed by atoms with van der Waals surface area (Å²) in [6.45, 7) is 6.66. The average Bonchev–Trinajstić information content (AvgIpc) is 2.61. The van der Waals surface area contributed by atoms with Crippen molar-refractivity contribution in [2.24, 2.45) is 5.92 Å². The largest absolute Gasteiger partial charge is 0.384 e. The van der Waals surface area contributed by atoms with Crippen molar-refractivity contribution in [2.45, 2.75) is 37.6 Å². The molecule has 0 spiro atoms. The van der Waals surface area contributed by atoms with Gasteiger partial charge in [0.2, 0.25) is 0 Å². The minimum Gasteiger partial charge on any atom is -0.384 e. The van der Waals surface area contributed by atoms with Crippen molar-refractivity contribution in [3.63, 3.8) is 0 Å². The van der Waals surface area contributed by atoms with Crippen LogP contribution >= 0.6 is 0 Å². The maximum atomic E-state index is 10.5. The van der Waals surface area contributed by atoms with Gasteiger partial charge in [-0.15, -0.1) is 6.58 Å². The van der Waals surface area contributed by atoms with E-state index in [1.807, 2.05) is 6.92 Å². The zero-order valence-electron chi connectivity index (χ0n) is 8.66. The monoisotopic (exact) mass is 198 g/mol. The van der Waals surface area contributed by atoms with E-state index in [0.717, 1.165) is 19.3 Å². The van der Waals surface area contributed by atoms with Crippen LogP contribution in [0.1, 0.15) is 26.2 Å². The number of fused-ring (bicyclic) bond motifs is 1. The normalized spacial score (nSPS) is 46.6. The molecule has 2 aliphatic rings. The van der Waals surface area contributed by atoms with E-state index >= 15 is 0 Å². The first-order chi connectivity index (χ1) is 6.65. The van der Waals surface area contributed by atoms with Gasteiger partial charge in [0, 0.05) is 12.3 Å². The van der Waals surface area contributed by atoms with E-state index in [1.54, 1.807) is 6.08 Å². The van der Waals surface area contributed by atoms with Gasteiger partial charge in [-0.1, -0.05) is 13.0 Å². The van der Waals surface area contributed by atoms with Gasteiger partial charge in [0.05, 0.1) is 13.2 Å². The molecule has 0 aromatic carbocycles. The highest BCUT2D eigenvalue weighted by molar-refractivity contribution is 5.07. The summed E-state index contributed by atoms with van der Waals surface area (Å²) in [5.74, 6) is -0.588. The molecular weight excluding hydrogens is 180 g/mol. The highest BCUT2D eigenvalue weighted by atomic mass is 16.7. The first kappa shape index (κ1) is 10.1. The quantitative estimate of drug-likeness (QED) is 0.698. The van der Waals surface area contributed by atoms with Crippen LogP contribution in [0.4, 0.5) is 0 Å². The fourth-order valence-corrected chi connectivity index (χ4v) is 2.65. The van der Waals surface area contributed by atoms with Crippen molar-refractivity contribution in [1.82, 2.24) is 0 Å². The molecule has 2 fully saturated rings. The molecule has 1 saturated carbocycles. The third-order valence-corrected chi connectivity index (χ3v) is 3.54. The van der Waals surface area contributed by atoms with Crippen molar-refractivity contribution >= 4 is 0 Å². The first-order valence-corrected chi connectivity index (χ1v) is 5.26. The maximum Gasteiger partial charge on any atom is 0.197 e. The van der Waals surface area contributed by atoms with Crippen LogP contribution in [0.3, 0.4) is 0 Å². The Morgan fingerprint density at radius 3 is 3.14 bits per heavy atom. The zero-order chi connectivity index (χ0) is 10.2. The fraction of sp³-hybridized carbons (Fsp3) is 0.818. The first-order valence-electron chi connectivity index (χ1n) is 5.26. The van der Waals surface area contributed by atoms with Gasteiger partial charge in [0.25, 0.3) is 0 Å². The van der Waals surface area contributed by atoms with E-state index in [9.17, 15) is 5.11 Å². The molecule has 14 heavy (non-hydrogen) atoms. The number of aliphatic hydroxyl groups is 1. The lowest BCUT2D eigenvalue weighted by atomic mass is 9.86. The second-order valence-electron chi connectivity index (χ2n) is 4.34. The van der Waals surface area contributed by atoms with Gasteiger partial charge in [0.1, 0.15) is 5.60 Å². The minimum absolute atomic E-state index is 0.162. The van der Waals surface area contributed by atoms with E-state index in [0.29, 0.717) is 13.2 Å². The Morgan fingerprint density at radius 1 is 1.64 bits per heavy atom. The lowest BCUT2D eigenvalue weighted by molar-refractivity contribution is -0.264. The summed E-state index contributed by atoms with van der Waals surface area (Å²) in [7, 11) is 0. The number of rotatable bonds is 3. The summed E-state index contributed by atoms with van der Waals surface area (Å²) in [5.41, 5.74) is -0.782. The number of ether oxygens (including phenoxy) is 2. The predicted octanol–water partition coefficient (Wildman–Crippen LogP) is 1.47. The molecule has 80 valence electrons. The molecule has 0 unspecified atom stereocenters. The van der Waals surface area contributed by atoms with E-state index in [1.165, 1.54) is 0 Å². The summed E-state index contributed by atoms with van der Waals surface area (Å²) in [6, 6.07) is 0. The topological polar surface area (TPSA) is 38.7 Å². The van der Waals surface area contributed by atoms with Crippen molar-refractivity contribution in [3.05, 3.63) is 12.7 Å². The lowest BCUT2D eigenvalue weighted by Crippen LogP contribution is -2.51. The van der Waals surface area contributed by atoms with Gasteiger partial charge >= 0.3 is 0 Å². The highest BCUT2D eigenvalue weighted by Gasteiger charge is 2.63. The summed E-state index contributed by atoms with van der Waals surface area (Å²) in [4.78, 5) is 0. The smallest absolute Gasteiger partial charge is 0.197 e. The van der Waals surface area contributed by atoms with Crippen LogP contribution < -0.4 is 0 Å². The third-order valence-electron chi connectivity index (χ3n) is 3.54. The minimum atomic E-state index is -0.782. The predicted molar refractivity (Wildman–Crippen MR) is 52.8 cm³/mol. The Bertz CT molecular complexity index is 241. The summed E-state index contributed by atoms with van der Waals surface area (Å²) in [6.07, 6.45) is 4.24. The highest BCUT2D eigenvalue weighted by Crippen LogP contribution is 2.51. The molecule has 0 aromatic rings. The van der Waals surface area contributed by atoms with Crippen molar-refractivity contribution in [2.75, 3.05) is 13.2 Å². The van der Waals surface area contributed by atoms with Crippen LogP contribution in [0, 0.1) is 5.92 Å². The molecular formula is C11H18O3. The molecule has 1 heterocycles. The summed E-state index contributed by atoms with van der Waals surface area (Å²) < 4.78 is 11.3. The lowest BCUT2D eigenvalue weighted by Gasteiger charge is -2.36. The van der Waals surface area contributed by atoms with E-state index < -0.39 is 11.4 Å². The molecule has 0 bridgehead atoms. The van der Waals surface area contributed by atoms with Gasteiger partial charge < -0.3 is 14.6 Å². The Labute approximate surface area is 84.7 Å². The Morgan fingerprint density at radius 2 is 2.43 bits per heavy atom. The van der Waals surface area contributed by atoms with E-state index in [4.69, 9.17) is 9.47 Å². The van der Waals surface area contributed by atoms with Gasteiger partial charge in [-0.25, -0.2) is 0 Å². The van der Waals surface area contributed by atoms with Gasteiger partial charge in [-0.3, -0.25) is 0 Å². The molecule has 0 radical (unpaired) electrons. The van der Waals surface area contributed by atoms with Gasteiger partial charge in [-0.2, -0.15) is 0 Å². The molecule has 3 heteroatoms. The SMILES string of the molecule is C=CCO[C@]12CCC[C@]1(O)[C@H](C)CO2. The Balaban J connectivity index is 2.19. The molecule has 3 nitrogen and oxygen atoms in total. The van der Waals surface area contributed by atoms with Crippen LogP contribution in [0.5, 0.6) is 0 Å². The molecule has 2 rings (SSSR count). The van der Waals surface area contributed by atoms with Crippen molar-refractivity contribution < 1.29 is 14.6 Å². The van der Waals surface area contributed by atoms with Crippen LogP contribution in [0.25, 0.3) is 0 Å². The third kappa shape index (κ3) is 1.16. The summed E-state index contributed by atoms with van der Waals surface area (Å²) >= 11 is 0. The molecule has 1 N–H and O–H groups in total. The second kappa shape index (κ2) is 3.33. The molecule has 1 saturated heterocycles. The molecule has 0 amide bonds. The number of hydrogen-bond donors (Lipinski definition) is 1. The maximum absolute atomic E-state index is 10.5. The van der Waals surface area contributed by atoms with E-state index in [2.05, 4.69) is 6.58 Å². The average molecular weight is 198 g/mol.